The largest absolute Gasteiger partial charge is 0.411 e. The number of ether oxygens (including phenoxy) is 1. The molecule has 0 unspecified atom stereocenters. The summed E-state index contributed by atoms with van der Waals surface area (Å²) in [6.45, 7) is 1.23. The lowest BCUT2D eigenvalue weighted by atomic mass is 10.0. The molecule has 0 atom stereocenters. The van der Waals surface area contributed by atoms with Crippen LogP contribution in [-0.2, 0) is 24.1 Å². The summed E-state index contributed by atoms with van der Waals surface area (Å²) in [5.74, 6) is 0.873. The van der Waals surface area contributed by atoms with E-state index in [2.05, 4.69) is 9.72 Å². The number of aromatic nitrogens is 2. The van der Waals surface area contributed by atoms with Crippen LogP contribution in [0.25, 0.3) is 0 Å². The molecule has 1 heterocycles. The Hall–Kier alpha value is -1.04. The fourth-order valence-corrected chi connectivity index (χ4v) is 2.38. The quantitative estimate of drug-likeness (QED) is 0.780. The van der Waals surface area contributed by atoms with Gasteiger partial charge in [0.15, 0.2) is 0 Å². The van der Waals surface area contributed by atoms with E-state index in [1.807, 2.05) is 11.5 Å². The molecular formula is C12H17F3N2O. The topological polar surface area (TPSA) is 27.1 Å². The molecule has 0 aromatic carbocycles. The van der Waals surface area contributed by atoms with Gasteiger partial charge in [0.1, 0.15) is 12.4 Å². The highest BCUT2D eigenvalue weighted by Crippen LogP contribution is 2.22. The molecule has 0 aliphatic heterocycles. The summed E-state index contributed by atoms with van der Waals surface area (Å²) in [4.78, 5) is 4.46. The molecule has 0 saturated heterocycles. The molecule has 1 aromatic rings. The van der Waals surface area contributed by atoms with Crippen LogP contribution in [-0.4, -0.2) is 28.9 Å². The fourth-order valence-electron chi connectivity index (χ4n) is 2.38. The van der Waals surface area contributed by atoms with E-state index in [1.54, 1.807) is 0 Å². The Labute approximate surface area is 104 Å². The molecule has 1 aromatic heterocycles. The molecule has 0 saturated carbocycles. The lowest BCUT2D eigenvalue weighted by Gasteiger charge is -2.15. The summed E-state index contributed by atoms with van der Waals surface area (Å²) in [6.07, 6.45) is -0.0268. The number of imidazole rings is 1. The van der Waals surface area contributed by atoms with Crippen molar-refractivity contribution in [2.45, 2.75) is 45.3 Å². The number of aryl methyl sites for hydroxylation is 2. The van der Waals surface area contributed by atoms with Gasteiger partial charge in [0.25, 0.3) is 0 Å². The summed E-state index contributed by atoms with van der Waals surface area (Å²) in [5.41, 5.74) is 2.28. The van der Waals surface area contributed by atoms with Crippen molar-refractivity contribution < 1.29 is 17.9 Å². The standard InChI is InChI=1S/C12H17F3N2O/c1-9-16-10-4-2-3-5-11(10)17(9)6-7-18-8-12(13,14)15/h2-8H2,1H3. The zero-order valence-electron chi connectivity index (χ0n) is 10.4. The van der Waals surface area contributed by atoms with E-state index in [1.165, 1.54) is 5.69 Å². The van der Waals surface area contributed by atoms with Gasteiger partial charge < -0.3 is 9.30 Å². The third-order valence-electron chi connectivity index (χ3n) is 3.15. The number of fused-ring (bicyclic) bond motifs is 1. The van der Waals surface area contributed by atoms with E-state index in [-0.39, 0.29) is 6.61 Å². The second-order valence-corrected chi connectivity index (χ2v) is 4.58. The molecule has 0 fully saturated rings. The number of nitrogens with zero attached hydrogens (tertiary/aromatic N) is 2. The highest BCUT2D eigenvalue weighted by atomic mass is 19.4. The maximum Gasteiger partial charge on any atom is 0.411 e. The first-order chi connectivity index (χ1) is 8.47. The summed E-state index contributed by atoms with van der Waals surface area (Å²) >= 11 is 0. The molecule has 0 bridgehead atoms. The van der Waals surface area contributed by atoms with Crippen LogP contribution in [0.2, 0.25) is 0 Å². The van der Waals surface area contributed by atoms with Gasteiger partial charge in [0.2, 0.25) is 0 Å². The minimum atomic E-state index is -4.25. The van der Waals surface area contributed by atoms with Crippen molar-refractivity contribution in [2.24, 2.45) is 0 Å². The van der Waals surface area contributed by atoms with E-state index in [9.17, 15) is 13.2 Å². The third kappa shape index (κ3) is 3.25. The number of hydrogen-bond acceptors (Lipinski definition) is 2. The van der Waals surface area contributed by atoms with E-state index < -0.39 is 12.8 Å². The lowest BCUT2D eigenvalue weighted by molar-refractivity contribution is -0.174. The van der Waals surface area contributed by atoms with Gasteiger partial charge >= 0.3 is 6.18 Å². The first kappa shape index (κ1) is 13.4. The maximum absolute atomic E-state index is 11.9. The highest BCUT2D eigenvalue weighted by molar-refractivity contribution is 5.19. The van der Waals surface area contributed by atoms with Crippen LogP contribution in [0.4, 0.5) is 13.2 Å². The normalized spacial score (nSPS) is 15.8. The molecule has 3 nitrogen and oxygen atoms in total. The Morgan fingerprint density at radius 3 is 2.72 bits per heavy atom. The van der Waals surface area contributed by atoms with Crippen molar-refractivity contribution in [2.75, 3.05) is 13.2 Å². The SMILES string of the molecule is Cc1nc2c(n1CCOCC(F)(F)F)CCCC2. The van der Waals surface area contributed by atoms with Crippen LogP contribution >= 0.6 is 0 Å². The average molecular weight is 262 g/mol. The van der Waals surface area contributed by atoms with Crippen molar-refractivity contribution in [1.29, 1.82) is 0 Å². The number of rotatable bonds is 4. The number of halogens is 3. The first-order valence-electron chi connectivity index (χ1n) is 6.17. The van der Waals surface area contributed by atoms with Gasteiger partial charge in [0.05, 0.1) is 12.3 Å². The third-order valence-corrected chi connectivity index (χ3v) is 3.15. The number of alkyl halides is 3. The Balaban J connectivity index is 1.91. The average Bonchev–Trinajstić information content (AvgIpc) is 2.59. The minimum Gasteiger partial charge on any atom is -0.370 e. The molecule has 1 aliphatic carbocycles. The molecule has 0 amide bonds. The molecule has 102 valence electrons. The minimum absolute atomic E-state index is 0.0726. The van der Waals surface area contributed by atoms with E-state index in [4.69, 9.17) is 0 Å². The van der Waals surface area contributed by atoms with Crippen molar-refractivity contribution in [1.82, 2.24) is 9.55 Å². The van der Waals surface area contributed by atoms with E-state index in [0.29, 0.717) is 6.54 Å². The zero-order chi connectivity index (χ0) is 13.2. The number of hydrogen-bond donors (Lipinski definition) is 0. The monoisotopic (exact) mass is 262 g/mol. The lowest BCUT2D eigenvalue weighted by Crippen LogP contribution is -2.20. The van der Waals surface area contributed by atoms with Gasteiger partial charge in [-0.1, -0.05) is 0 Å². The van der Waals surface area contributed by atoms with Crippen LogP contribution in [0.1, 0.15) is 30.1 Å². The highest BCUT2D eigenvalue weighted by Gasteiger charge is 2.27. The van der Waals surface area contributed by atoms with Crippen molar-refractivity contribution in [3.05, 3.63) is 17.2 Å². The van der Waals surface area contributed by atoms with Gasteiger partial charge in [0, 0.05) is 12.2 Å². The molecule has 6 heteroatoms. The van der Waals surface area contributed by atoms with Crippen LogP contribution in [0.5, 0.6) is 0 Å². The van der Waals surface area contributed by atoms with Gasteiger partial charge in [-0.15, -0.1) is 0 Å². The van der Waals surface area contributed by atoms with E-state index >= 15 is 0 Å². The molecule has 18 heavy (non-hydrogen) atoms. The van der Waals surface area contributed by atoms with Gasteiger partial charge in [-0.2, -0.15) is 13.2 Å². The predicted octanol–water partition coefficient (Wildman–Crippen LogP) is 2.65. The van der Waals surface area contributed by atoms with Crippen molar-refractivity contribution >= 4 is 0 Å². The Bertz CT molecular complexity index is 412. The van der Waals surface area contributed by atoms with Crippen LogP contribution in [0.15, 0.2) is 0 Å². The van der Waals surface area contributed by atoms with Gasteiger partial charge in [-0.05, 0) is 32.6 Å². The Morgan fingerprint density at radius 2 is 2.00 bits per heavy atom. The molecule has 0 spiro atoms. The predicted molar refractivity (Wildman–Crippen MR) is 60.5 cm³/mol. The first-order valence-corrected chi connectivity index (χ1v) is 6.17. The van der Waals surface area contributed by atoms with Crippen molar-refractivity contribution in [3.8, 4) is 0 Å². The zero-order valence-corrected chi connectivity index (χ0v) is 10.4. The molecule has 0 radical (unpaired) electrons. The smallest absolute Gasteiger partial charge is 0.370 e. The summed E-state index contributed by atoms with van der Waals surface area (Å²) in [5, 5.41) is 0. The molecular weight excluding hydrogens is 245 g/mol. The van der Waals surface area contributed by atoms with Crippen LogP contribution in [0.3, 0.4) is 0 Å². The van der Waals surface area contributed by atoms with Crippen LogP contribution in [0, 0.1) is 6.92 Å². The van der Waals surface area contributed by atoms with Gasteiger partial charge in [-0.3, -0.25) is 0 Å². The van der Waals surface area contributed by atoms with Crippen LogP contribution < -0.4 is 0 Å². The maximum atomic E-state index is 11.9. The second-order valence-electron chi connectivity index (χ2n) is 4.58. The summed E-state index contributed by atoms with van der Waals surface area (Å²) in [6, 6.07) is 0. The second kappa shape index (κ2) is 5.30. The fraction of sp³-hybridized carbons (Fsp3) is 0.750. The summed E-state index contributed by atoms with van der Waals surface area (Å²) in [7, 11) is 0. The molecule has 1 aliphatic rings. The summed E-state index contributed by atoms with van der Waals surface area (Å²) < 4.78 is 42.4. The molecule has 0 N–H and O–H groups in total. The Kier molecular flexibility index (Phi) is 3.94. The van der Waals surface area contributed by atoms with Crippen molar-refractivity contribution in [3.63, 3.8) is 0 Å². The van der Waals surface area contributed by atoms with Gasteiger partial charge in [-0.25, -0.2) is 4.98 Å². The Morgan fingerprint density at radius 1 is 1.28 bits per heavy atom. The van der Waals surface area contributed by atoms with E-state index in [0.717, 1.165) is 37.2 Å². The molecule has 2 rings (SSSR count).